The zero-order chi connectivity index (χ0) is 22.8. The van der Waals surface area contributed by atoms with Gasteiger partial charge in [0.05, 0.1) is 31.1 Å². The molecule has 1 saturated heterocycles. The number of hydrogen-bond donors (Lipinski definition) is 2. The lowest BCUT2D eigenvalue weighted by Gasteiger charge is -2.31. The molecular formula is C22H28Cl2N3O3S+. The highest BCUT2D eigenvalue weighted by Crippen LogP contribution is 2.25. The van der Waals surface area contributed by atoms with E-state index < -0.39 is 10.0 Å². The number of carbonyl (C=O) groups is 1. The van der Waals surface area contributed by atoms with Gasteiger partial charge < -0.3 is 10.2 Å². The van der Waals surface area contributed by atoms with E-state index in [-0.39, 0.29) is 17.9 Å². The van der Waals surface area contributed by atoms with Crippen LogP contribution >= 0.6 is 23.2 Å². The van der Waals surface area contributed by atoms with Gasteiger partial charge in [-0.05, 0) is 41.3 Å². The fraction of sp³-hybridized carbons (Fsp3) is 0.409. The number of halogens is 2. The molecule has 1 aliphatic heterocycles. The van der Waals surface area contributed by atoms with E-state index in [0.717, 1.165) is 10.5 Å². The molecule has 1 amide bonds. The Morgan fingerprint density at radius 3 is 2.10 bits per heavy atom. The van der Waals surface area contributed by atoms with Crippen LogP contribution in [-0.4, -0.2) is 51.4 Å². The molecule has 2 aromatic rings. The highest BCUT2D eigenvalue weighted by atomic mass is 35.5. The Labute approximate surface area is 194 Å². The standard InChI is InChI=1S/C22H27Cl2N3O3S/c1-22(2,3)16-4-6-20(7-5-16)31(29,30)27-10-8-26(9-11-27)15-21(28)25-19-13-17(23)12-18(24)14-19/h4-7,12-14H,8-11,15H2,1-3H3,(H,25,28)/p+1. The van der Waals surface area contributed by atoms with E-state index in [4.69, 9.17) is 23.2 Å². The predicted molar refractivity (Wildman–Crippen MR) is 125 cm³/mol. The average molecular weight is 485 g/mol. The summed E-state index contributed by atoms with van der Waals surface area (Å²) < 4.78 is 27.5. The van der Waals surface area contributed by atoms with Crippen molar-refractivity contribution in [1.82, 2.24) is 4.31 Å². The summed E-state index contributed by atoms with van der Waals surface area (Å²) >= 11 is 11.9. The number of piperazine rings is 1. The minimum Gasteiger partial charge on any atom is -0.325 e. The highest BCUT2D eigenvalue weighted by molar-refractivity contribution is 7.89. The number of hydrogen-bond acceptors (Lipinski definition) is 3. The van der Waals surface area contributed by atoms with E-state index in [1.165, 1.54) is 4.31 Å². The second-order valence-corrected chi connectivity index (χ2v) is 11.6. The number of carbonyl (C=O) groups excluding carboxylic acids is 1. The van der Waals surface area contributed by atoms with Crippen LogP contribution in [0.1, 0.15) is 26.3 Å². The summed E-state index contributed by atoms with van der Waals surface area (Å²) in [5.74, 6) is -0.164. The summed E-state index contributed by atoms with van der Waals surface area (Å²) in [5.41, 5.74) is 1.60. The van der Waals surface area contributed by atoms with Gasteiger partial charge in [-0.1, -0.05) is 56.1 Å². The molecule has 0 atom stereocenters. The van der Waals surface area contributed by atoms with Gasteiger partial charge in [0.2, 0.25) is 10.0 Å². The van der Waals surface area contributed by atoms with E-state index in [1.807, 2.05) is 12.1 Å². The van der Waals surface area contributed by atoms with Gasteiger partial charge in [0.25, 0.3) is 5.91 Å². The fourth-order valence-electron chi connectivity index (χ4n) is 3.55. The van der Waals surface area contributed by atoms with Crippen molar-refractivity contribution in [3.05, 3.63) is 58.1 Å². The van der Waals surface area contributed by atoms with Crippen LogP contribution < -0.4 is 10.2 Å². The Morgan fingerprint density at radius 1 is 1.03 bits per heavy atom. The van der Waals surface area contributed by atoms with E-state index in [9.17, 15) is 13.2 Å². The molecule has 2 aromatic carbocycles. The number of anilines is 1. The third-order valence-corrected chi connectivity index (χ3v) is 7.69. The van der Waals surface area contributed by atoms with Gasteiger partial charge in [-0.3, -0.25) is 4.79 Å². The summed E-state index contributed by atoms with van der Waals surface area (Å²) in [5, 5.41) is 3.69. The van der Waals surface area contributed by atoms with Gasteiger partial charge in [-0.2, -0.15) is 4.31 Å². The first-order valence-corrected chi connectivity index (χ1v) is 12.3. The Morgan fingerprint density at radius 2 is 1.58 bits per heavy atom. The van der Waals surface area contributed by atoms with Crippen LogP contribution in [0, 0.1) is 0 Å². The molecule has 6 nitrogen and oxygen atoms in total. The Bertz CT molecular complexity index is 1020. The third kappa shape index (κ3) is 6.20. The SMILES string of the molecule is CC(C)(C)c1ccc(S(=O)(=O)N2CC[NH+](CC(=O)Nc3cc(Cl)cc(Cl)c3)CC2)cc1. The molecule has 2 N–H and O–H groups in total. The minimum absolute atomic E-state index is 0.0335. The zero-order valence-corrected chi connectivity index (χ0v) is 20.2. The summed E-state index contributed by atoms with van der Waals surface area (Å²) in [6.45, 7) is 8.38. The van der Waals surface area contributed by atoms with Gasteiger partial charge in [-0.25, -0.2) is 8.42 Å². The van der Waals surface area contributed by atoms with Crippen molar-refractivity contribution < 1.29 is 18.1 Å². The maximum atomic E-state index is 13.0. The second-order valence-electron chi connectivity index (χ2n) is 8.81. The number of amides is 1. The first-order valence-electron chi connectivity index (χ1n) is 10.2. The topological polar surface area (TPSA) is 70.9 Å². The number of nitrogens with one attached hydrogen (secondary N) is 2. The number of benzene rings is 2. The molecule has 31 heavy (non-hydrogen) atoms. The normalized spacial score (nSPS) is 16.3. The van der Waals surface area contributed by atoms with Crippen LogP contribution in [0.15, 0.2) is 47.4 Å². The van der Waals surface area contributed by atoms with Crippen LogP contribution in [0.3, 0.4) is 0 Å². The second kappa shape index (κ2) is 9.46. The summed E-state index contributed by atoms with van der Waals surface area (Å²) in [7, 11) is -3.54. The largest absolute Gasteiger partial charge is 0.325 e. The maximum absolute atomic E-state index is 13.0. The Balaban J connectivity index is 1.56. The lowest BCUT2D eigenvalue weighted by Crippen LogP contribution is -3.15. The van der Waals surface area contributed by atoms with E-state index in [0.29, 0.717) is 46.8 Å². The van der Waals surface area contributed by atoms with Crippen LogP contribution in [0.5, 0.6) is 0 Å². The maximum Gasteiger partial charge on any atom is 0.279 e. The molecule has 168 valence electrons. The molecule has 1 aliphatic rings. The number of sulfonamides is 1. The van der Waals surface area contributed by atoms with Crippen molar-refractivity contribution in [3.8, 4) is 0 Å². The monoisotopic (exact) mass is 484 g/mol. The van der Waals surface area contributed by atoms with Crippen LogP contribution in [-0.2, 0) is 20.2 Å². The molecule has 9 heteroatoms. The molecule has 0 aromatic heterocycles. The fourth-order valence-corrected chi connectivity index (χ4v) is 5.52. The molecule has 1 heterocycles. The van der Waals surface area contributed by atoms with Crippen molar-refractivity contribution in [2.45, 2.75) is 31.1 Å². The highest BCUT2D eigenvalue weighted by Gasteiger charge is 2.31. The quantitative estimate of drug-likeness (QED) is 0.685. The molecule has 3 rings (SSSR count). The molecule has 0 bridgehead atoms. The van der Waals surface area contributed by atoms with Crippen molar-refractivity contribution in [1.29, 1.82) is 0 Å². The smallest absolute Gasteiger partial charge is 0.279 e. The van der Waals surface area contributed by atoms with E-state index in [2.05, 4.69) is 26.1 Å². The zero-order valence-electron chi connectivity index (χ0n) is 17.9. The number of quaternary nitrogens is 1. The lowest BCUT2D eigenvalue weighted by atomic mass is 9.87. The number of rotatable bonds is 5. The summed E-state index contributed by atoms with van der Waals surface area (Å²) in [6, 6.07) is 12.0. The summed E-state index contributed by atoms with van der Waals surface area (Å²) in [4.78, 5) is 13.7. The van der Waals surface area contributed by atoms with Crippen LogP contribution in [0.25, 0.3) is 0 Å². The first-order chi connectivity index (χ1) is 14.4. The number of nitrogens with zero attached hydrogens (tertiary/aromatic N) is 1. The van der Waals surface area contributed by atoms with Crippen molar-refractivity contribution in [3.63, 3.8) is 0 Å². The van der Waals surface area contributed by atoms with Gasteiger partial charge in [0, 0.05) is 15.7 Å². The van der Waals surface area contributed by atoms with Crippen molar-refractivity contribution >= 4 is 44.8 Å². The van der Waals surface area contributed by atoms with Gasteiger partial charge in [-0.15, -0.1) is 0 Å². The molecule has 0 radical (unpaired) electrons. The van der Waals surface area contributed by atoms with E-state index in [1.54, 1.807) is 30.3 Å². The van der Waals surface area contributed by atoms with Gasteiger partial charge >= 0.3 is 0 Å². The molecule has 0 saturated carbocycles. The third-order valence-electron chi connectivity index (χ3n) is 5.34. The minimum atomic E-state index is -3.54. The van der Waals surface area contributed by atoms with Crippen LogP contribution in [0.4, 0.5) is 5.69 Å². The average Bonchev–Trinajstić information content (AvgIpc) is 2.67. The molecule has 0 unspecified atom stereocenters. The summed E-state index contributed by atoms with van der Waals surface area (Å²) in [6.07, 6.45) is 0. The molecule has 0 aliphatic carbocycles. The molecule has 0 spiro atoms. The van der Waals surface area contributed by atoms with Crippen molar-refractivity contribution in [2.75, 3.05) is 38.0 Å². The molecule has 1 fully saturated rings. The Kier molecular flexibility index (Phi) is 7.33. The van der Waals surface area contributed by atoms with E-state index >= 15 is 0 Å². The van der Waals surface area contributed by atoms with Gasteiger partial charge in [0.15, 0.2) is 6.54 Å². The predicted octanol–water partition coefficient (Wildman–Crippen LogP) is 2.82. The van der Waals surface area contributed by atoms with Crippen LogP contribution in [0.2, 0.25) is 10.0 Å². The van der Waals surface area contributed by atoms with Gasteiger partial charge in [0.1, 0.15) is 0 Å². The lowest BCUT2D eigenvalue weighted by molar-refractivity contribution is -0.895. The Hall–Kier alpha value is -1.64. The van der Waals surface area contributed by atoms with Crippen molar-refractivity contribution in [2.24, 2.45) is 0 Å². The first kappa shape index (κ1) is 24.0. The molecular weight excluding hydrogens is 457 g/mol.